The quantitative estimate of drug-likeness (QED) is 0.347. The van der Waals surface area contributed by atoms with Gasteiger partial charge in [0.25, 0.3) is 0 Å². The fourth-order valence-electron chi connectivity index (χ4n) is 4.21. The highest BCUT2D eigenvalue weighted by Crippen LogP contribution is 2.46. The van der Waals surface area contributed by atoms with Crippen LogP contribution in [-0.2, 0) is 19.4 Å². The maximum Gasteiger partial charge on any atom is 0.346 e. The van der Waals surface area contributed by atoms with Crippen LogP contribution in [-0.4, -0.2) is 52.3 Å². The zero-order chi connectivity index (χ0) is 25.1. The summed E-state index contributed by atoms with van der Waals surface area (Å²) in [4.78, 5) is 14.6. The summed E-state index contributed by atoms with van der Waals surface area (Å²) >= 11 is 1.36. The van der Waals surface area contributed by atoms with E-state index < -0.39 is 33.5 Å². The van der Waals surface area contributed by atoms with Gasteiger partial charge >= 0.3 is 5.97 Å². The largest absolute Gasteiger partial charge is 0.488 e. The van der Waals surface area contributed by atoms with Crippen molar-refractivity contribution >= 4 is 38.9 Å². The maximum atomic E-state index is 14.7. The molecule has 0 unspecified atom stereocenters. The summed E-state index contributed by atoms with van der Waals surface area (Å²) < 4.78 is 52.2. The molecule has 1 aliphatic rings. The van der Waals surface area contributed by atoms with Crippen LogP contribution in [0.15, 0.2) is 52.3 Å². The molecule has 0 amide bonds. The molecule has 34 heavy (non-hydrogen) atoms. The second-order valence-corrected chi connectivity index (χ2v) is 11.6. The minimum absolute atomic E-state index is 0.00434. The smallest absolute Gasteiger partial charge is 0.346 e. The SMILES string of the molecule is CCC1(CC)CN(c2ccccc2)c2cc(SC)c(OC[C@](C)(F)C(=O)OC)cc2S(=O)(=O)C1. The molecular weight excluding hydrogens is 477 g/mol. The lowest BCUT2D eigenvalue weighted by Crippen LogP contribution is -2.37. The highest BCUT2D eigenvalue weighted by Gasteiger charge is 2.42. The molecule has 186 valence electrons. The molecule has 0 radical (unpaired) electrons. The number of esters is 1. The normalized spacial score (nSPS) is 18.4. The lowest BCUT2D eigenvalue weighted by atomic mass is 9.83. The third-order valence-electron chi connectivity index (χ3n) is 6.54. The highest BCUT2D eigenvalue weighted by molar-refractivity contribution is 7.98. The van der Waals surface area contributed by atoms with Crippen LogP contribution in [0.4, 0.5) is 15.8 Å². The molecule has 2 aromatic rings. The van der Waals surface area contributed by atoms with Crippen molar-refractivity contribution in [3.63, 3.8) is 0 Å². The molecule has 6 nitrogen and oxygen atoms in total. The molecule has 0 fully saturated rings. The molecule has 9 heteroatoms. The Balaban J connectivity index is 2.17. The van der Waals surface area contributed by atoms with Gasteiger partial charge in [0.15, 0.2) is 9.84 Å². The standard InChI is InChI=1S/C25H32FNO5S2/c1-6-25(7-2)15-27(18-11-9-8-10-12-18)19-13-21(33-5)20(14-22(19)34(29,30)17-25)32-16-24(3,26)23(28)31-4/h8-14H,6-7,15-17H2,1-5H3/t24-/m0/s1. The Morgan fingerprint density at radius 1 is 1.21 bits per heavy atom. The Bertz CT molecular complexity index is 1130. The van der Waals surface area contributed by atoms with Crippen LogP contribution in [0.1, 0.15) is 33.6 Å². The predicted octanol–water partition coefficient (Wildman–Crippen LogP) is 5.42. The van der Waals surface area contributed by atoms with E-state index in [0.29, 0.717) is 30.0 Å². The number of alkyl halides is 1. The van der Waals surface area contributed by atoms with Gasteiger partial charge in [0.2, 0.25) is 5.67 Å². The summed E-state index contributed by atoms with van der Waals surface area (Å²) in [5.74, 6) is -0.827. The van der Waals surface area contributed by atoms with Gasteiger partial charge in [-0.25, -0.2) is 17.6 Å². The van der Waals surface area contributed by atoms with Crippen molar-refractivity contribution in [2.45, 2.75) is 49.1 Å². The van der Waals surface area contributed by atoms with Crippen molar-refractivity contribution in [3.8, 4) is 5.75 Å². The second-order valence-electron chi connectivity index (χ2n) is 8.84. The summed E-state index contributed by atoms with van der Waals surface area (Å²) in [6, 6.07) is 13.0. The number of hydrogen-bond acceptors (Lipinski definition) is 7. The number of carbonyl (C=O) groups is 1. The van der Waals surface area contributed by atoms with Gasteiger partial charge in [0.05, 0.1) is 28.3 Å². The van der Waals surface area contributed by atoms with Crippen molar-refractivity contribution in [1.82, 2.24) is 0 Å². The van der Waals surface area contributed by atoms with Gasteiger partial charge in [-0.1, -0.05) is 32.0 Å². The number of sulfone groups is 1. The van der Waals surface area contributed by atoms with Crippen molar-refractivity contribution in [2.24, 2.45) is 5.41 Å². The summed E-state index contributed by atoms with van der Waals surface area (Å²) in [6.45, 7) is 5.08. The van der Waals surface area contributed by atoms with Crippen molar-refractivity contribution in [3.05, 3.63) is 42.5 Å². The number of thioether (sulfide) groups is 1. The van der Waals surface area contributed by atoms with Gasteiger partial charge in [0.1, 0.15) is 12.4 Å². The van der Waals surface area contributed by atoms with E-state index in [2.05, 4.69) is 9.64 Å². The van der Waals surface area contributed by atoms with Crippen LogP contribution >= 0.6 is 11.8 Å². The molecule has 3 rings (SSSR count). The average molecular weight is 510 g/mol. The Hall–Kier alpha value is -2.26. The number of nitrogens with zero attached hydrogens (tertiary/aromatic N) is 1. The van der Waals surface area contributed by atoms with E-state index in [0.717, 1.165) is 19.7 Å². The van der Waals surface area contributed by atoms with Crippen LogP contribution in [0.5, 0.6) is 5.75 Å². The van der Waals surface area contributed by atoms with E-state index in [9.17, 15) is 17.6 Å². The minimum atomic E-state index is -3.69. The highest BCUT2D eigenvalue weighted by atomic mass is 32.2. The Morgan fingerprint density at radius 3 is 2.41 bits per heavy atom. The summed E-state index contributed by atoms with van der Waals surface area (Å²) in [5, 5.41) is 0. The van der Waals surface area contributed by atoms with Gasteiger partial charge in [0, 0.05) is 23.7 Å². The van der Waals surface area contributed by atoms with Gasteiger partial charge in [-0.05, 0) is 44.2 Å². The number of halogens is 1. The van der Waals surface area contributed by atoms with Gasteiger partial charge in [-0.3, -0.25) is 0 Å². The van der Waals surface area contributed by atoms with Crippen LogP contribution in [0.3, 0.4) is 0 Å². The number of carbonyl (C=O) groups excluding carboxylic acids is 1. The number of benzene rings is 2. The first kappa shape index (κ1) is 26.3. The zero-order valence-electron chi connectivity index (χ0n) is 20.3. The predicted molar refractivity (Wildman–Crippen MR) is 134 cm³/mol. The number of ether oxygens (including phenoxy) is 2. The lowest BCUT2D eigenvalue weighted by Gasteiger charge is -2.35. The molecule has 0 saturated heterocycles. The van der Waals surface area contributed by atoms with Crippen molar-refractivity contribution in [2.75, 3.05) is 37.2 Å². The molecule has 0 aromatic heterocycles. The number of hydrogen-bond donors (Lipinski definition) is 0. The number of fused-ring (bicyclic) bond motifs is 1. The van der Waals surface area contributed by atoms with Crippen LogP contribution in [0, 0.1) is 5.41 Å². The van der Waals surface area contributed by atoms with Crippen LogP contribution in [0.25, 0.3) is 0 Å². The maximum absolute atomic E-state index is 14.7. The third kappa shape index (κ3) is 5.20. The molecule has 1 heterocycles. The second kappa shape index (κ2) is 10.2. The fraction of sp³-hybridized carbons (Fsp3) is 0.480. The van der Waals surface area contributed by atoms with E-state index in [-0.39, 0.29) is 16.4 Å². The molecule has 0 spiro atoms. The van der Waals surface area contributed by atoms with Crippen LogP contribution in [0.2, 0.25) is 0 Å². The summed E-state index contributed by atoms with van der Waals surface area (Å²) in [6.07, 6.45) is 3.25. The molecule has 2 aromatic carbocycles. The molecule has 0 aliphatic carbocycles. The number of rotatable bonds is 8. The van der Waals surface area contributed by atoms with Gasteiger partial charge < -0.3 is 14.4 Å². The first-order valence-corrected chi connectivity index (χ1v) is 14.1. The van der Waals surface area contributed by atoms with Crippen molar-refractivity contribution < 1.29 is 27.1 Å². The first-order chi connectivity index (χ1) is 16.0. The molecule has 0 saturated carbocycles. The Labute approximate surface area is 205 Å². The molecule has 0 N–H and O–H groups in total. The minimum Gasteiger partial charge on any atom is -0.488 e. The van der Waals surface area contributed by atoms with Gasteiger partial charge in [-0.15, -0.1) is 11.8 Å². The summed E-state index contributed by atoms with van der Waals surface area (Å²) in [7, 11) is -2.58. The Kier molecular flexibility index (Phi) is 7.87. The third-order valence-corrected chi connectivity index (χ3v) is 9.29. The zero-order valence-corrected chi connectivity index (χ0v) is 21.9. The number of anilines is 2. The number of methoxy groups -OCH3 is 1. The van der Waals surface area contributed by atoms with Crippen LogP contribution < -0.4 is 9.64 Å². The Morgan fingerprint density at radius 2 is 1.85 bits per heavy atom. The van der Waals surface area contributed by atoms with E-state index in [1.54, 1.807) is 6.07 Å². The first-order valence-electron chi connectivity index (χ1n) is 11.2. The average Bonchev–Trinajstić information content (AvgIpc) is 2.94. The van der Waals surface area contributed by atoms with E-state index in [4.69, 9.17) is 4.74 Å². The van der Waals surface area contributed by atoms with E-state index >= 15 is 0 Å². The summed E-state index contributed by atoms with van der Waals surface area (Å²) in [5.41, 5.74) is -1.33. The topological polar surface area (TPSA) is 72.9 Å². The van der Waals surface area contributed by atoms with Crippen molar-refractivity contribution in [1.29, 1.82) is 0 Å². The van der Waals surface area contributed by atoms with Gasteiger partial charge in [-0.2, -0.15) is 0 Å². The lowest BCUT2D eigenvalue weighted by molar-refractivity contribution is -0.155. The monoisotopic (exact) mass is 509 g/mol. The molecule has 1 atom stereocenters. The number of para-hydroxylation sites is 1. The van der Waals surface area contributed by atoms with E-state index in [1.807, 2.05) is 50.4 Å². The fourth-order valence-corrected chi connectivity index (χ4v) is 7.00. The molecule has 1 aliphatic heterocycles. The molecule has 0 bridgehead atoms. The van der Waals surface area contributed by atoms with E-state index in [1.165, 1.54) is 17.8 Å². The molecular formula is C25H32FNO5S2.